The number of methoxy groups -OCH3 is 1. The Bertz CT molecular complexity index is 2030. The lowest BCUT2D eigenvalue weighted by atomic mass is 9.88. The molecule has 2 aromatic carbocycles. The summed E-state index contributed by atoms with van der Waals surface area (Å²) in [6, 6.07) is 4.67. The number of anilines is 1. The van der Waals surface area contributed by atoms with E-state index in [-0.39, 0.29) is 30.8 Å². The van der Waals surface area contributed by atoms with Gasteiger partial charge in [0, 0.05) is 64.6 Å². The number of hydrogen-bond donors (Lipinski definition) is 2. The molecule has 12 nitrogen and oxygen atoms in total. The van der Waals surface area contributed by atoms with Crippen molar-refractivity contribution in [1.82, 2.24) is 29.8 Å². The molecular formula is C38H41F8N7O5. The minimum absolute atomic E-state index is 0.0769. The average molecular weight is 828 g/mol. The Hall–Kier alpha value is -4.92. The molecule has 0 atom stereocenters. The highest BCUT2D eigenvalue weighted by Gasteiger charge is 2.53. The molecule has 3 aromatic rings. The minimum Gasteiger partial charge on any atom is -0.509 e. The van der Waals surface area contributed by atoms with Gasteiger partial charge in [-0.3, -0.25) is 24.4 Å². The summed E-state index contributed by atoms with van der Waals surface area (Å²) in [6.07, 6.45) is -7.89. The van der Waals surface area contributed by atoms with Crippen molar-refractivity contribution in [3.8, 4) is 17.0 Å². The average Bonchev–Trinajstić information content (AvgIpc) is 3.69. The first-order valence-electron chi connectivity index (χ1n) is 18.4. The number of hydrogen-bond acceptors (Lipinski definition) is 10. The van der Waals surface area contributed by atoms with Crippen LogP contribution in [0, 0.1) is 11.6 Å². The van der Waals surface area contributed by atoms with E-state index in [2.05, 4.69) is 25.1 Å². The fourth-order valence-electron chi connectivity index (χ4n) is 7.48. The summed E-state index contributed by atoms with van der Waals surface area (Å²) < 4.78 is 124. The number of hydrazine groups is 1. The van der Waals surface area contributed by atoms with Crippen LogP contribution in [0.2, 0.25) is 0 Å². The lowest BCUT2D eigenvalue weighted by molar-refractivity contribution is -0.163. The monoisotopic (exact) mass is 827 g/mol. The second-order valence-corrected chi connectivity index (χ2v) is 14.2. The van der Waals surface area contributed by atoms with E-state index in [9.17, 15) is 41.0 Å². The number of alkyl halides is 6. The number of halogens is 8. The van der Waals surface area contributed by atoms with Crippen LogP contribution in [0.15, 0.2) is 54.1 Å². The van der Waals surface area contributed by atoms with Gasteiger partial charge in [0.25, 0.3) is 11.8 Å². The number of benzene rings is 2. The van der Waals surface area contributed by atoms with E-state index >= 15 is 8.78 Å². The van der Waals surface area contributed by atoms with E-state index in [4.69, 9.17) is 9.47 Å². The maximum Gasteiger partial charge on any atom is 0.433 e. The number of aliphatic hydroxyl groups is 1. The molecule has 2 fully saturated rings. The molecular weight excluding hydrogens is 786 g/mol. The van der Waals surface area contributed by atoms with Crippen molar-refractivity contribution in [2.45, 2.75) is 50.1 Å². The SMILES string of the molecule is COCCN1CCN(CCOc2ccc(CN3C(=O)C(C(=O)Nc4ccc(C(F)(F)F)cc4-c4cc(C(F)(F)F)ncn4)=C(O)C4(CCCC4)N3C)c(F)c2F)CC1. The highest BCUT2D eigenvalue weighted by atomic mass is 19.4. The molecule has 1 saturated carbocycles. The molecule has 6 rings (SSSR count). The summed E-state index contributed by atoms with van der Waals surface area (Å²) in [5, 5.41) is 16.2. The number of aromatic nitrogens is 2. The van der Waals surface area contributed by atoms with Crippen LogP contribution in [0.5, 0.6) is 5.75 Å². The highest BCUT2D eigenvalue weighted by molar-refractivity contribution is 6.24. The molecule has 1 spiro atoms. The van der Waals surface area contributed by atoms with Crippen molar-refractivity contribution in [3.63, 3.8) is 0 Å². The van der Waals surface area contributed by atoms with Crippen LogP contribution in [-0.4, -0.2) is 119 Å². The molecule has 314 valence electrons. The number of carbonyl (C=O) groups excluding carboxylic acids is 2. The topological polar surface area (TPSA) is 124 Å². The van der Waals surface area contributed by atoms with Gasteiger partial charge in [-0.15, -0.1) is 0 Å². The van der Waals surface area contributed by atoms with E-state index < -0.39 is 87.4 Å². The molecule has 2 aliphatic heterocycles. The van der Waals surface area contributed by atoms with Gasteiger partial charge in [0.05, 0.1) is 35.6 Å². The normalized spacial score (nSPS) is 18.4. The van der Waals surface area contributed by atoms with Gasteiger partial charge in [0.2, 0.25) is 5.82 Å². The first-order chi connectivity index (χ1) is 27.4. The molecule has 0 radical (unpaired) electrons. The van der Waals surface area contributed by atoms with E-state index in [1.165, 1.54) is 24.2 Å². The van der Waals surface area contributed by atoms with Crippen LogP contribution >= 0.6 is 0 Å². The maximum atomic E-state index is 15.7. The van der Waals surface area contributed by atoms with Gasteiger partial charge in [-0.05, 0) is 43.2 Å². The predicted molar refractivity (Wildman–Crippen MR) is 192 cm³/mol. The number of likely N-dealkylation sites (N-methyl/N-ethyl adjacent to an activating group) is 1. The summed E-state index contributed by atoms with van der Waals surface area (Å²) in [6.45, 7) is 4.57. The largest absolute Gasteiger partial charge is 0.509 e. The molecule has 1 aromatic heterocycles. The second-order valence-electron chi connectivity index (χ2n) is 14.2. The van der Waals surface area contributed by atoms with Gasteiger partial charge in [-0.1, -0.05) is 18.9 Å². The Morgan fingerprint density at radius 1 is 0.897 bits per heavy atom. The van der Waals surface area contributed by atoms with Crippen LogP contribution in [-0.2, 0) is 33.2 Å². The Balaban J connectivity index is 1.23. The molecule has 3 aliphatic rings. The number of ether oxygens (including phenoxy) is 2. The van der Waals surface area contributed by atoms with Gasteiger partial charge < -0.3 is 19.9 Å². The van der Waals surface area contributed by atoms with Gasteiger partial charge in [0.15, 0.2) is 11.6 Å². The van der Waals surface area contributed by atoms with Crippen LogP contribution in [0.25, 0.3) is 11.3 Å². The molecule has 20 heteroatoms. The number of nitrogens with zero attached hydrogens (tertiary/aromatic N) is 6. The standard InChI is InChI=1S/C38H41F8N7O5/c1-50-36(9-3-4-10-36)33(54)30(34(55)49-26-7-6-24(37(41,42)43)19-25(26)27-20-29(38(44,45)46)48-22-47-27)35(56)53(50)21-23-5-8-28(32(40)31(23)39)58-18-16-52-13-11-51(12-14-52)15-17-57-2/h5-8,19-20,22,54H,3-4,9-18,21H2,1-2H3,(H,49,55). The number of piperazine rings is 1. The van der Waals surface area contributed by atoms with Crippen LogP contribution < -0.4 is 10.1 Å². The van der Waals surface area contributed by atoms with Crippen molar-refractivity contribution in [3.05, 3.63) is 82.5 Å². The number of aliphatic hydroxyl groups excluding tert-OH is 1. The number of amides is 2. The van der Waals surface area contributed by atoms with E-state index in [1.807, 2.05) is 0 Å². The number of carbonyl (C=O) groups is 2. The quantitative estimate of drug-likeness (QED) is 0.165. The second kappa shape index (κ2) is 17.1. The zero-order chi connectivity index (χ0) is 42.0. The summed E-state index contributed by atoms with van der Waals surface area (Å²) in [5.41, 5.74) is -6.94. The van der Waals surface area contributed by atoms with E-state index in [0.717, 1.165) is 43.8 Å². The molecule has 58 heavy (non-hydrogen) atoms. The molecule has 1 aliphatic carbocycles. The lowest BCUT2D eigenvalue weighted by Crippen LogP contribution is -2.62. The molecule has 1 saturated heterocycles. The van der Waals surface area contributed by atoms with Gasteiger partial charge in [-0.2, -0.15) is 30.7 Å². The fraction of sp³-hybridized carbons (Fsp3) is 0.474. The number of nitrogens with one attached hydrogen (secondary N) is 1. The Kier molecular flexibility index (Phi) is 12.6. The summed E-state index contributed by atoms with van der Waals surface area (Å²) in [7, 11) is 3.08. The summed E-state index contributed by atoms with van der Waals surface area (Å²) in [4.78, 5) is 39.3. The number of rotatable bonds is 12. The Morgan fingerprint density at radius 2 is 1.55 bits per heavy atom. The Morgan fingerprint density at radius 3 is 2.17 bits per heavy atom. The van der Waals surface area contributed by atoms with Crippen LogP contribution in [0.3, 0.4) is 0 Å². The zero-order valence-electron chi connectivity index (χ0n) is 31.5. The highest BCUT2D eigenvalue weighted by Crippen LogP contribution is 2.45. The lowest BCUT2D eigenvalue weighted by Gasteiger charge is -2.48. The van der Waals surface area contributed by atoms with Crippen LogP contribution in [0.4, 0.5) is 40.8 Å². The third-order valence-corrected chi connectivity index (χ3v) is 10.8. The van der Waals surface area contributed by atoms with Crippen molar-refractivity contribution in [2.24, 2.45) is 0 Å². The first-order valence-corrected chi connectivity index (χ1v) is 18.4. The molecule has 3 heterocycles. The van der Waals surface area contributed by atoms with Crippen molar-refractivity contribution >= 4 is 17.5 Å². The fourth-order valence-corrected chi connectivity index (χ4v) is 7.48. The van der Waals surface area contributed by atoms with Gasteiger partial charge >= 0.3 is 12.4 Å². The predicted octanol–water partition coefficient (Wildman–Crippen LogP) is 6.05. The van der Waals surface area contributed by atoms with Crippen molar-refractivity contribution in [1.29, 1.82) is 0 Å². The molecule has 2 amide bonds. The smallest absolute Gasteiger partial charge is 0.433 e. The third kappa shape index (κ3) is 8.88. The van der Waals surface area contributed by atoms with E-state index in [0.29, 0.717) is 50.5 Å². The summed E-state index contributed by atoms with van der Waals surface area (Å²) in [5.74, 6) is -6.09. The third-order valence-electron chi connectivity index (χ3n) is 10.8. The van der Waals surface area contributed by atoms with Crippen LogP contribution in [0.1, 0.15) is 42.5 Å². The van der Waals surface area contributed by atoms with Crippen molar-refractivity contribution in [2.75, 3.05) is 72.0 Å². The Labute approximate surface area is 328 Å². The van der Waals surface area contributed by atoms with Gasteiger partial charge in [-0.25, -0.2) is 19.4 Å². The minimum atomic E-state index is -4.99. The van der Waals surface area contributed by atoms with Gasteiger partial charge in [0.1, 0.15) is 30.0 Å². The zero-order valence-corrected chi connectivity index (χ0v) is 31.5. The van der Waals surface area contributed by atoms with E-state index in [1.54, 1.807) is 7.11 Å². The first kappa shape index (κ1) is 42.7. The molecule has 0 bridgehead atoms. The molecule has 0 unspecified atom stereocenters. The maximum absolute atomic E-state index is 15.7. The molecule has 2 N–H and O–H groups in total. The van der Waals surface area contributed by atoms with Crippen molar-refractivity contribution < 1.29 is 59.3 Å². The summed E-state index contributed by atoms with van der Waals surface area (Å²) >= 11 is 0.